The van der Waals surface area contributed by atoms with Crippen molar-refractivity contribution in [3.8, 4) is 6.07 Å². The fourth-order valence-electron chi connectivity index (χ4n) is 1.53. The zero-order chi connectivity index (χ0) is 12.7. The van der Waals surface area contributed by atoms with E-state index in [0.29, 0.717) is 17.7 Å². The average Bonchev–Trinajstić information content (AvgIpc) is 2.39. The van der Waals surface area contributed by atoms with Crippen molar-refractivity contribution in [3.05, 3.63) is 47.2 Å². The van der Waals surface area contributed by atoms with Crippen LogP contribution >= 0.6 is 0 Å². The van der Waals surface area contributed by atoms with E-state index in [4.69, 9.17) is 10.00 Å². The number of Topliss-reactive ketones (excluding diaryl/α,β-unsaturated/α-hetero) is 1. The molecule has 0 heterocycles. The van der Waals surface area contributed by atoms with Gasteiger partial charge in [0.1, 0.15) is 17.4 Å². The average molecular weight is 229 g/mol. The zero-order valence-electron chi connectivity index (χ0n) is 10.1. The number of ether oxygens (including phenoxy) is 1. The van der Waals surface area contributed by atoms with Crippen LogP contribution < -0.4 is 0 Å². The molecule has 0 bridgehead atoms. The predicted octanol–water partition coefficient (Wildman–Crippen LogP) is 3.09. The van der Waals surface area contributed by atoms with E-state index < -0.39 is 0 Å². The van der Waals surface area contributed by atoms with Crippen LogP contribution in [0, 0.1) is 11.3 Å². The Labute approximate surface area is 101 Å². The van der Waals surface area contributed by atoms with Gasteiger partial charge in [-0.25, -0.2) is 0 Å². The lowest BCUT2D eigenvalue weighted by molar-refractivity contribution is 0.103. The lowest BCUT2D eigenvalue weighted by Gasteiger charge is -2.07. The topological polar surface area (TPSA) is 50.1 Å². The third kappa shape index (κ3) is 3.18. The van der Waals surface area contributed by atoms with Gasteiger partial charge < -0.3 is 4.74 Å². The summed E-state index contributed by atoms with van der Waals surface area (Å²) in [6, 6.07) is 10.7. The molecule has 0 radical (unpaired) electrons. The molecule has 3 heteroatoms. The third-order valence-corrected chi connectivity index (χ3v) is 2.38. The fraction of sp³-hybridized carbons (Fsp3) is 0.286. The van der Waals surface area contributed by atoms with E-state index in [1.54, 1.807) is 24.3 Å². The SMILES string of the molecule is CCC/C(OC)=C(/C#N)C(=O)c1ccccc1. The largest absolute Gasteiger partial charge is 0.500 e. The van der Waals surface area contributed by atoms with Crippen molar-refractivity contribution in [2.75, 3.05) is 7.11 Å². The van der Waals surface area contributed by atoms with Gasteiger partial charge in [-0.2, -0.15) is 5.26 Å². The maximum absolute atomic E-state index is 12.1. The Bertz CT molecular complexity index is 455. The third-order valence-electron chi connectivity index (χ3n) is 2.38. The molecule has 88 valence electrons. The van der Waals surface area contributed by atoms with Gasteiger partial charge in [-0.1, -0.05) is 37.3 Å². The minimum atomic E-state index is -0.279. The van der Waals surface area contributed by atoms with Gasteiger partial charge in [-0.3, -0.25) is 4.79 Å². The van der Waals surface area contributed by atoms with Gasteiger partial charge in [0.2, 0.25) is 5.78 Å². The van der Waals surface area contributed by atoms with Gasteiger partial charge >= 0.3 is 0 Å². The minimum Gasteiger partial charge on any atom is -0.500 e. The normalized spacial score (nSPS) is 11.4. The maximum Gasteiger partial charge on any atom is 0.206 e. The predicted molar refractivity (Wildman–Crippen MR) is 65.3 cm³/mol. The van der Waals surface area contributed by atoms with Crippen molar-refractivity contribution < 1.29 is 9.53 Å². The molecule has 0 aliphatic heterocycles. The standard InChI is InChI=1S/C14H15NO2/c1-3-7-13(17-2)12(10-15)14(16)11-8-5-4-6-9-11/h4-6,8-9H,3,7H2,1-2H3/b13-12+. The number of hydrogen-bond donors (Lipinski definition) is 0. The molecule has 0 saturated carbocycles. The number of hydrogen-bond acceptors (Lipinski definition) is 3. The summed E-state index contributed by atoms with van der Waals surface area (Å²) in [5.74, 6) is 0.183. The molecule has 1 rings (SSSR count). The number of carbonyl (C=O) groups excluding carboxylic acids is 1. The van der Waals surface area contributed by atoms with E-state index in [1.165, 1.54) is 7.11 Å². The van der Waals surface area contributed by atoms with Gasteiger partial charge in [0, 0.05) is 12.0 Å². The first-order chi connectivity index (χ1) is 8.24. The van der Waals surface area contributed by atoms with E-state index >= 15 is 0 Å². The van der Waals surface area contributed by atoms with Crippen molar-refractivity contribution in [2.24, 2.45) is 0 Å². The Morgan fingerprint density at radius 2 is 2.00 bits per heavy atom. The fourth-order valence-corrected chi connectivity index (χ4v) is 1.53. The second-order valence-corrected chi connectivity index (χ2v) is 3.56. The summed E-state index contributed by atoms with van der Waals surface area (Å²) in [7, 11) is 1.49. The molecule has 0 aliphatic carbocycles. The van der Waals surface area contributed by atoms with Crippen LogP contribution in [0.2, 0.25) is 0 Å². The number of nitrogens with zero attached hydrogens (tertiary/aromatic N) is 1. The summed E-state index contributed by atoms with van der Waals surface area (Å²) in [6.07, 6.45) is 1.42. The van der Waals surface area contributed by atoms with Crippen molar-refractivity contribution in [3.63, 3.8) is 0 Å². The molecule has 17 heavy (non-hydrogen) atoms. The van der Waals surface area contributed by atoms with Crippen LogP contribution in [0.5, 0.6) is 0 Å². The van der Waals surface area contributed by atoms with E-state index in [1.807, 2.05) is 19.1 Å². The monoisotopic (exact) mass is 229 g/mol. The summed E-state index contributed by atoms with van der Waals surface area (Å²) >= 11 is 0. The number of carbonyl (C=O) groups is 1. The number of rotatable bonds is 5. The molecule has 3 nitrogen and oxygen atoms in total. The number of methoxy groups -OCH3 is 1. The van der Waals surface area contributed by atoms with Crippen LogP contribution in [-0.2, 0) is 4.74 Å². The highest BCUT2D eigenvalue weighted by molar-refractivity contribution is 6.11. The molecular weight excluding hydrogens is 214 g/mol. The molecule has 0 aliphatic rings. The number of ketones is 1. The van der Waals surface area contributed by atoms with Gasteiger partial charge in [0.15, 0.2) is 0 Å². The Morgan fingerprint density at radius 3 is 2.47 bits per heavy atom. The molecule has 0 amide bonds. The van der Waals surface area contributed by atoms with Crippen molar-refractivity contribution in [1.29, 1.82) is 5.26 Å². The molecule has 1 aromatic carbocycles. The van der Waals surface area contributed by atoms with Gasteiger partial charge in [0.05, 0.1) is 7.11 Å². The van der Waals surface area contributed by atoms with E-state index in [-0.39, 0.29) is 11.4 Å². The summed E-state index contributed by atoms with van der Waals surface area (Å²) in [4.78, 5) is 12.1. The highest BCUT2D eigenvalue weighted by atomic mass is 16.5. The second kappa shape index (κ2) is 6.49. The summed E-state index contributed by atoms with van der Waals surface area (Å²) in [5.41, 5.74) is 0.607. The van der Waals surface area contributed by atoms with E-state index in [0.717, 1.165) is 6.42 Å². The summed E-state index contributed by atoms with van der Waals surface area (Å²) in [5, 5.41) is 9.08. The summed E-state index contributed by atoms with van der Waals surface area (Å²) < 4.78 is 5.12. The molecule has 0 atom stereocenters. The molecule has 0 saturated heterocycles. The van der Waals surface area contributed by atoms with E-state index in [2.05, 4.69) is 0 Å². The van der Waals surface area contributed by atoms with E-state index in [9.17, 15) is 4.79 Å². The molecule has 0 fully saturated rings. The van der Waals surface area contributed by atoms with Crippen LogP contribution in [0.15, 0.2) is 41.7 Å². The van der Waals surface area contributed by atoms with Gasteiger partial charge in [0.25, 0.3) is 0 Å². The quantitative estimate of drug-likeness (QED) is 0.337. The minimum absolute atomic E-state index is 0.0977. The molecule has 0 spiro atoms. The first-order valence-electron chi connectivity index (χ1n) is 5.51. The first kappa shape index (κ1) is 13.0. The maximum atomic E-state index is 12.1. The van der Waals surface area contributed by atoms with Crippen molar-refractivity contribution in [1.82, 2.24) is 0 Å². The highest BCUT2D eigenvalue weighted by Gasteiger charge is 2.17. The lowest BCUT2D eigenvalue weighted by Crippen LogP contribution is -2.06. The molecule has 1 aromatic rings. The Kier molecular flexibility index (Phi) is 4.96. The van der Waals surface area contributed by atoms with Gasteiger partial charge in [-0.05, 0) is 6.42 Å². The number of benzene rings is 1. The number of allylic oxidation sites excluding steroid dienone is 2. The molecule has 0 unspecified atom stereocenters. The van der Waals surface area contributed by atoms with Crippen LogP contribution in [-0.4, -0.2) is 12.9 Å². The van der Waals surface area contributed by atoms with Crippen LogP contribution in [0.25, 0.3) is 0 Å². The summed E-state index contributed by atoms with van der Waals surface area (Å²) in [6.45, 7) is 1.97. The van der Waals surface area contributed by atoms with Gasteiger partial charge in [-0.15, -0.1) is 0 Å². The molecule has 0 N–H and O–H groups in total. The number of nitriles is 1. The van der Waals surface area contributed by atoms with Crippen LogP contribution in [0.4, 0.5) is 0 Å². The second-order valence-electron chi connectivity index (χ2n) is 3.56. The highest BCUT2D eigenvalue weighted by Crippen LogP contribution is 2.16. The molecular formula is C14H15NO2. The molecule has 0 aromatic heterocycles. The zero-order valence-corrected chi connectivity index (χ0v) is 10.1. The Hall–Kier alpha value is -2.08. The first-order valence-corrected chi connectivity index (χ1v) is 5.51. The van der Waals surface area contributed by atoms with Crippen LogP contribution in [0.3, 0.4) is 0 Å². The van der Waals surface area contributed by atoms with Crippen LogP contribution in [0.1, 0.15) is 30.1 Å². The van der Waals surface area contributed by atoms with Crippen molar-refractivity contribution in [2.45, 2.75) is 19.8 Å². The lowest BCUT2D eigenvalue weighted by atomic mass is 10.0. The van der Waals surface area contributed by atoms with Crippen molar-refractivity contribution >= 4 is 5.78 Å². The smallest absolute Gasteiger partial charge is 0.206 e. The Balaban J connectivity index is 3.12. The Morgan fingerprint density at radius 1 is 1.35 bits per heavy atom.